The number of aromatic nitrogens is 2. The molecule has 0 bridgehead atoms. The minimum atomic E-state index is -0.855. The summed E-state index contributed by atoms with van der Waals surface area (Å²) in [5, 5.41) is 15.6. The molecule has 10 nitrogen and oxygen atoms in total. The van der Waals surface area contributed by atoms with Crippen molar-refractivity contribution >= 4 is 23.7 Å². The fourth-order valence-corrected chi connectivity index (χ4v) is 4.29. The summed E-state index contributed by atoms with van der Waals surface area (Å²) in [6, 6.07) is 18.0. The highest BCUT2D eigenvalue weighted by Gasteiger charge is 2.20. The second-order valence-corrected chi connectivity index (χ2v) is 10.5. The molecular formula is C29H36N6O4. The number of hydrogen-bond acceptors (Lipinski definition) is 8. The van der Waals surface area contributed by atoms with Crippen molar-refractivity contribution in [2.24, 2.45) is 0 Å². The zero-order chi connectivity index (χ0) is 27.8. The molecule has 3 N–H and O–H groups in total. The first kappa shape index (κ1) is 28.0. The summed E-state index contributed by atoms with van der Waals surface area (Å²) in [6.45, 7) is 9.50. The van der Waals surface area contributed by atoms with Gasteiger partial charge < -0.3 is 25.4 Å². The summed E-state index contributed by atoms with van der Waals surface area (Å²) in [4.78, 5) is 35.8. The van der Waals surface area contributed by atoms with E-state index in [-0.39, 0.29) is 12.5 Å². The standard InChI is InChI=1S/C29H36N6O4/c1-29(2,3)39-26(36)19-30-18-21-7-9-23(10-8-21)25-11-12-31-27(33-25)32-24-6-4-5-22(17-24)20-34-13-15-35(16-14-34)28(37)38/h4-12,17,30H,13-16,18-20H2,1-3H3,(H,37,38)(H,31,32,33). The van der Waals surface area contributed by atoms with Crippen LogP contribution in [0.25, 0.3) is 11.3 Å². The number of piperazine rings is 1. The molecule has 0 aliphatic carbocycles. The van der Waals surface area contributed by atoms with Gasteiger partial charge in [0.1, 0.15) is 5.60 Å². The van der Waals surface area contributed by atoms with Gasteiger partial charge in [0, 0.05) is 56.7 Å². The number of carbonyl (C=O) groups is 2. The fourth-order valence-electron chi connectivity index (χ4n) is 4.29. The lowest BCUT2D eigenvalue weighted by atomic mass is 10.1. The third-order valence-electron chi connectivity index (χ3n) is 6.16. The Hall–Kier alpha value is -4.02. The lowest BCUT2D eigenvalue weighted by Gasteiger charge is -2.33. The molecule has 0 atom stereocenters. The van der Waals surface area contributed by atoms with Gasteiger partial charge in [-0.05, 0) is 50.1 Å². The summed E-state index contributed by atoms with van der Waals surface area (Å²) >= 11 is 0. The van der Waals surface area contributed by atoms with E-state index in [4.69, 9.17) is 9.84 Å². The summed E-state index contributed by atoms with van der Waals surface area (Å²) in [5.41, 5.74) is 4.35. The molecule has 206 valence electrons. The number of rotatable bonds is 9. The van der Waals surface area contributed by atoms with Gasteiger partial charge in [0.25, 0.3) is 0 Å². The number of amides is 1. The normalized spacial score (nSPS) is 14.2. The van der Waals surface area contributed by atoms with E-state index in [0.29, 0.717) is 38.7 Å². The Morgan fingerprint density at radius 3 is 2.44 bits per heavy atom. The van der Waals surface area contributed by atoms with Crippen molar-refractivity contribution in [3.05, 3.63) is 71.9 Å². The van der Waals surface area contributed by atoms with Crippen molar-refractivity contribution < 1.29 is 19.4 Å². The maximum atomic E-state index is 11.9. The first-order chi connectivity index (χ1) is 18.6. The molecule has 0 unspecified atom stereocenters. The first-order valence-electron chi connectivity index (χ1n) is 13.1. The molecule has 0 spiro atoms. The predicted molar refractivity (Wildman–Crippen MR) is 150 cm³/mol. The Kier molecular flexibility index (Phi) is 9.11. The van der Waals surface area contributed by atoms with Crippen LogP contribution >= 0.6 is 0 Å². The molecule has 4 rings (SSSR count). The summed E-state index contributed by atoms with van der Waals surface area (Å²) in [6.07, 6.45) is 0.874. The molecule has 2 aromatic carbocycles. The second kappa shape index (κ2) is 12.7. The van der Waals surface area contributed by atoms with Crippen LogP contribution in [-0.4, -0.2) is 75.3 Å². The number of carboxylic acid groups (broad SMARTS) is 1. The van der Waals surface area contributed by atoms with E-state index in [1.165, 1.54) is 4.90 Å². The number of ether oxygens (including phenoxy) is 1. The molecule has 1 aliphatic heterocycles. The highest BCUT2D eigenvalue weighted by atomic mass is 16.6. The van der Waals surface area contributed by atoms with Crippen molar-refractivity contribution in [1.29, 1.82) is 0 Å². The van der Waals surface area contributed by atoms with Gasteiger partial charge in [-0.3, -0.25) is 9.69 Å². The average Bonchev–Trinajstić information content (AvgIpc) is 2.89. The fraction of sp³-hybridized carbons (Fsp3) is 0.379. The molecule has 1 amide bonds. The summed E-state index contributed by atoms with van der Waals surface area (Å²) < 4.78 is 5.31. The topological polar surface area (TPSA) is 120 Å². The van der Waals surface area contributed by atoms with Gasteiger partial charge in [-0.25, -0.2) is 14.8 Å². The lowest BCUT2D eigenvalue weighted by Crippen LogP contribution is -2.47. The maximum Gasteiger partial charge on any atom is 0.407 e. The number of benzene rings is 2. The molecular weight excluding hydrogens is 496 g/mol. The van der Waals surface area contributed by atoms with Gasteiger partial charge in [0.15, 0.2) is 0 Å². The van der Waals surface area contributed by atoms with Crippen molar-refractivity contribution in [3.63, 3.8) is 0 Å². The largest absolute Gasteiger partial charge is 0.465 e. The van der Waals surface area contributed by atoms with E-state index in [1.54, 1.807) is 6.20 Å². The Morgan fingerprint density at radius 1 is 1.00 bits per heavy atom. The van der Waals surface area contributed by atoms with Gasteiger partial charge in [-0.1, -0.05) is 36.4 Å². The van der Waals surface area contributed by atoms with Gasteiger partial charge in [-0.15, -0.1) is 0 Å². The van der Waals surface area contributed by atoms with Crippen molar-refractivity contribution in [2.45, 2.75) is 39.5 Å². The van der Waals surface area contributed by atoms with Crippen LogP contribution in [0.4, 0.5) is 16.4 Å². The van der Waals surface area contributed by atoms with Crippen LogP contribution in [-0.2, 0) is 22.6 Å². The van der Waals surface area contributed by atoms with E-state index >= 15 is 0 Å². The Balaban J connectivity index is 1.31. The Bertz CT molecular complexity index is 1270. The van der Waals surface area contributed by atoms with Crippen molar-refractivity contribution in [2.75, 3.05) is 38.0 Å². The van der Waals surface area contributed by atoms with E-state index in [2.05, 4.69) is 37.6 Å². The molecule has 0 saturated carbocycles. The quantitative estimate of drug-likeness (QED) is 0.350. The summed E-state index contributed by atoms with van der Waals surface area (Å²) in [7, 11) is 0. The minimum absolute atomic E-state index is 0.155. The minimum Gasteiger partial charge on any atom is -0.465 e. The monoisotopic (exact) mass is 532 g/mol. The average molecular weight is 533 g/mol. The third kappa shape index (κ3) is 8.76. The number of carbonyl (C=O) groups excluding carboxylic acids is 1. The van der Waals surface area contributed by atoms with E-state index < -0.39 is 11.7 Å². The van der Waals surface area contributed by atoms with Crippen LogP contribution in [0.3, 0.4) is 0 Å². The molecule has 3 aromatic rings. The van der Waals surface area contributed by atoms with Crippen molar-refractivity contribution in [1.82, 2.24) is 25.1 Å². The molecule has 1 fully saturated rings. The van der Waals surface area contributed by atoms with Crippen LogP contribution in [0.5, 0.6) is 0 Å². The molecule has 2 heterocycles. The number of esters is 1. The number of anilines is 2. The first-order valence-corrected chi connectivity index (χ1v) is 13.1. The number of nitrogens with zero attached hydrogens (tertiary/aromatic N) is 4. The molecule has 1 saturated heterocycles. The van der Waals surface area contributed by atoms with Crippen LogP contribution in [0.2, 0.25) is 0 Å². The molecule has 1 aliphatic rings. The smallest absolute Gasteiger partial charge is 0.407 e. The maximum absolute atomic E-state index is 11.9. The van der Waals surface area contributed by atoms with Crippen LogP contribution in [0.1, 0.15) is 31.9 Å². The van der Waals surface area contributed by atoms with Crippen LogP contribution in [0, 0.1) is 0 Å². The molecule has 39 heavy (non-hydrogen) atoms. The Labute approximate surface area is 229 Å². The molecule has 1 aromatic heterocycles. The Morgan fingerprint density at radius 2 is 1.74 bits per heavy atom. The predicted octanol–water partition coefficient (Wildman–Crippen LogP) is 4.11. The number of nitrogens with one attached hydrogen (secondary N) is 2. The van der Waals surface area contributed by atoms with E-state index in [0.717, 1.165) is 34.6 Å². The third-order valence-corrected chi connectivity index (χ3v) is 6.16. The van der Waals surface area contributed by atoms with E-state index in [9.17, 15) is 9.59 Å². The second-order valence-electron chi connectivity index (χ2n) is 10.5. The number of hydrogen-bond donors (Lipinski definition) is 3. The van der Waals surface area contributed by atoms with Crippen LogP contribution < -0.4 is 10.6 Å². The lowest BCUT2D eigenvalue weighted by molar-refractivity contribution is -0.153. The molecule has 10 heteroatoms. The highest BCUT2D eigenvalue weighted by Crippen LogP contribution is 2.21. The molecule has 0 radical (unpaired) electrons. The zero-order valence-corrected chi connectivity index (χ0v) is 22.7. The van der Waals surface area contributed by atoms with Crippen molar-refractivity contribution in [3.8, 4) is 11.3 Å². The van der Waals surface area contributed by atoms with Gasteiger partial charge in [-0.2, -0.15) is 0 Å². The van der Waals surface area contributed by atoms with Gasteiger partial charge in [0.05, 0.1) is 12.2 Å². The SMILES string of the molecule is CC(C)(C)OC(=O)CNCc1ccc(-c2ccnc(Nc3cccc(CN4CCN(C(=O)O)CC4)c3)n2)cc1. The van der Waals surface area contributed by atoms with Crippen LogP contribution in [0.15, 0.2) is 60.8 Å². The van der Waals surface area contributed by atoms with Gasteiger partial charge >= 0.3 is 12.1 Å². The zero-order valence-electron chi connectivity index (χ0n) is 22.7. The van der Waals surface area contributed by atoms with Gasteiger partial charge in [0.2, 0.25) is 5.95 Å². The highest BCUT2D eigenvalue weighted by molar-refractivity contribution is 5.72. The summed E-state index contributed by atoms with van der Waals surface area (Å²) in [5.74, 6) is 0.229. The van der Waals surface area contributed by atoms with E-state index in [1.807, 2.05) is 63.2 Å².